The maximum Gasteiger partial charge on any atom is 0.0882 e. The molecule has 0 radical (unpaired) electrons. The van der Waals surface area contributed by atoms with Crippen molar-refractivity contribution in [2.45, 2.75) is 32.7 Å². The van der Waals surface area contributed by atoms with Crippen LogP contribution in [0, 0.1) is 0 Å². The summed E-state index contributed by atoms with van der Waals surface area (Å²) in [7, 11) is 0. The number of hydrogen-bond acceptors (Lipinski definition) is 4. The molecule has 0 spiro atoms. The van der Waals surface area contributed by atoms with Crippen LogP contribution < -0.4 is 5.84 Å². The number of nitrogens with zero attached hydrogens (tertiary/aromatic N) is 3. The zero-order valence-corrected chi connectivity index (χ0v) is 7.64. The molecule has 5 heteroatoms. The SMILES string of the molecule is C[C@H]1Cn2nc(CO)cc2CN1N. The molecule has 0 amide bonds. The molecule has 0 saturated heterocycles. The van der Waals surface area contributed by atoms with Gasteiger partial charge in [-0.2, -0.15) is 5.10 Å². The molecule has 0 aromatic carbocycles. The lowest BCUT2D eigenvalue weighted by Crippen LogP contribution is -2.45. The molecule has 1 atom stereocenters. The summed E-state index contributed by atoms with van der Waals surface area (Å²) in [5.41, 5.74) is 1.79. The number of fused-ring (bicyclic) bond motifs is 1. The van der Waals surface area contributed by atoms with Gasteiger partial charge in [-0.3, -0.25) is 10.5 Å². The number of aliphatic hydroxyl groups is 1. The summed E-state index contributed by atoms with van der Waals surface area (Å²) in [6, 6.07) is 2.20. The van der Waals surface area contributed by atoms with E-state index in [1.54, 1.807) is 5.01 Å². The molecule has 1 aromatic rings. The zero-order chi connectivity index (χ0) is 9.42. The van der Waals surface area contributed by atoms with Crippen LogP contribution in [0.1, 0.15) is 18.3 Å². The molecule has 3 N–H and O–H groups in total. The van der Waals surface area contributed by atoms with Gasteiger partial charge in [0.1, 0.15) is 0 Å². The van der Waals surface area contributed by atoms with Gasteiger partial charge < -0.3 is 5.11 Å². The number of aromatic nitrogens is 2. The minimum absolute atomic E-state index is 0.00104. The largest absolute Gasteiger partial charge is 0.390 e. The Morgan fingerprint density at radius 2 is 2.54 bits per heavy atom. The summed E-state index contributed by atoms with van der Waals surface area (Å²) in [4.78, 5) is 0. The molecule has 0 fully saturated rings. The van der Waals surface area contributed by atoms with Gasteiger partial charge in [0.25, 0.3) is 0 Å². The first-order valence-corrected chi connectivity index (χ1v) is 4.38. The zero-order valence-electron chi connectivity index (χ0n) is 7.64. The van der Waals surface area contributed by atoms with E-state index in [4.69, 9.17) is 10.9 Å². The topological polar surface area (TPSA) is 67.3 Å². The number of hydrazine groups is 1. The van der Waals surface area contributed by atoms with Gasteiger partial charge in [-0.25, -0.2) is 5.01 Å². The summed E-state index contributed by atoms with van der Waals surface area (Å²) >= 11 is 0. The van der Waals surface area contributed by atoms with Gasteiger partial charge in [-0.1, -0.05) is 0 Å². The van der Waals surface area contributed by atoms with Crippen molar-refractivity contribution in [2.75, 3.05) is 0 Å². The van der Waals surface area contributed by atoms with Crippen molar-refractivity contribution in [1.29, 1.82) is 0 Å². The molecule has 0 saturated carbocycles. The van der Waals surface area contributed by atoms with E-state index in [-0.39, 0.29) is 6.61 Å². The fourth-order valence-electron chi connectivity index (χ4n) is 1.58. The highest BCUT2D eigenvalue weighted by Crippen LogP contribution is 2.14. The van der Waals surface area contributed by atoms with Crippen molar-refractivity contribution in [3.63, 3.8) is 0 Å². The second-order valence-electron chi connectivity index (χ2n) is 3.49. The summed E-state index contributed by atoms with van der Waals surface area (Å²) in [6.45, 7) is 3.56. The van der Waals surface area contributed by atoms with Gasteiger partial charge >= 0.3 is 0 Å². The maximum atomic E-state index is 8.90. The van der Waals surface area contributed by atoms with E-state index in [2.05, 4.69) is 12.0 Å². The molecule has 1 aliphatic heterocycles. The van der Waals surface area contributed by atoms with E-state index in [0.29, 0.717) is 12.6 Å². The Morgan fingerprint density at radius 3 is 3.23 bits per heavy atom. The van der Waals surface area contributed by atoms with Crippen LogP contribution >= 0.6 is 0 Å². The molecule has 0 bridgehead atoms. The standard InChI is InChI=1S/C8H14N4O/c1-6-3-12-8(4-11(6)9)2-7(5-13)10-12/h2,6,13H,3-5,9H2,1H3/t6-/m0/s1. The van der Waals surface area contributed by atoms with Crippen LogP contribution in [0.4, 0.5) is 0 Å². The average Bonchev–Trinajstić information content (AvgIpc) is 2.48. The van der Waals surface area contributed by atoms with Gasteiger partial charge in [0.2, 0.25) is 0 Å². The third-order valence-corrected chi connectivity index (χ3v) is 2.42. The molecule has 13 heavy (non-hydrogen) atoms. The summed E-state index contributed by atoms with van der Waals surface area (Å²) in [6.07, 6.45) is 0. The molecular formula is C8H14N4O. The fraction of sp³-hybridized carbons (Fsp3) is 0.625. The van der Waals surface area contributed by atoms with Crippen LogP contribution in [0.2, 0.25) is 0 Å². The van der Waals surface area contributed by atoms with Gasteiger partial charge in [-0.05, 0) is 13.0 Å². The van der Waals surface area contributed by atoms with E-state index in [1.165, 1.54) is 0 Å². The van der Waals surface area contributed by atoms with Crippen molar-refractivity contribution < 1.29 is 5.11 Å². The Bertz CT molecular complexity index is 282. The molecule has 1 aliphatic rings. The van der Waals surface area contributed by atoms with E-state index < -0.39 is 0 Å². The smallest absolute Gasteiger partial charge is 0.0882 e. The lowest BCUT2D eigenvalue weighted by Gasteiger charge is -2.29. The summed E-state index contributed by atoms with van der Waals surface area (Å²) < 4.78 is 1.92. The van der Waals surface area contributed by atoms with Crippen LogP contribution in [0.3, 0.4) is 0 Å². The third-order valence-electron chi connectivity index (χ3n) is 2.42. The second kappa shape index (κ2) is 3.10. The third kappa shape index (κ3) is 1.46. The van der Waals surface area contributed by atoms with E-state index in [9.17, 15) is 0 Å². The first kappa shape index (κ1) is 8.68. The second-order valence-corrected chi connectivity index (χ2v) is 3.49. The quantitative estimate of drug-likeness (QED) is 0.572. The molecule has 1 aromatic heterocycles. The van der Waals surface area contributed by atoms with Gasteiger partial charge in [-0.15, -0.1) is 0 Å². The molecular weight excluding hydrogens is 168 g/mol. The maximum absolute atomic E-state index is 8.90. The number of rotatable bonds is 1. The molecule has 72 valence electrons. The monoisotopic (exact) mass is 182 g/mol. The summed E-state index contributed by atoms with van der Waals surface area (Å²) in [5.74, 6) is 5.77. The minimum atomic E-state index is -0.00104. The van der Waals surface area contributed by atoms with Crippen molar-refractivity contribution >= 4 is 0 Å². The molecule has 2 heterocycles. The van der Waals surface area contributed by atoms with Crippen LogP contribution in [-0.4, -0.2) is 25.9 Å². The fourth-order valence-corrected chi connectivity index (χ4v) is 1.58. The molecule has 5 nitrogen and oxygen atoms in total. The van der Waals surface area contributed by atoms with Crippen molar-refractivity contribution in [2.24, 2.45) is 5.84 Å². The Hall–Kier alpha value is -0.910. The highest BCUT2D eigenvalue weighted by atomic mass is 16.3. The van der Waals surface area contributed by atoms with Crippen LogP contribution in [-0.2, 0) is 19.7 Å². The van der Waals surface area contributed by atoms with E-state index in [0.717, 1.165) is 17.9 Å². The number of nitrogens with two attached hydrogens (primary N) is 1. The van der Waals surface area contributed by atoms with Gasteiger partial charge in [0.05, 0.1) is 31.1 Å². The summed E-state index contributed by atoms with van der Waals surface area (Å²) in [5, 5.41) is 14.9. The van der Waals surface area contributed by atoms with Crippen LogP contribution in [0.5, 0.6) is 0 Å². The first-order valence-electron chi connectivity index (χ1n) is 4.38. The lowest BCUT2D eigenvalue weighted by molar-refractivity contribution is 0.147. The van der Waals surface area contributed by atoms with Crippen LogP contribution in [0.25, 0.3) is 0 Å². The Balaban J connectivity index is 2.29. The predicted octanol–water partition coefficient (Wildman–Crippen LogP) is -0.547. The normalized spacial score (nSPS) is 23.2. The van der Waals surface area contributed by atoms with Crippen molar-refractivity contribution in [3.8, 4) is 0 Å². The van der Waals surface area contributed by atoms with Crippen molar-refractivity contribution in [3.05, 3.63) is 17.5 Å². The highest BCUT2D eigenvalue weighted by molar-refractivity contribution is 5.11. The van der Waals surface area contributed by atoms with E-state index in [1.807, 2.05) is 10.7 Å². The Morgan fingerprint density at radius 1 is 1.77 bits per heavy atom. The lowest BCUT2D eigenvalue weighted by atomic mass is 10.2. The highest BCUT2D eigenvalue weighted by Gasteiger charge is 2.21. The average molecular weight is 182 g/mol. The Kier molecular flexibility index (Phi) is 2.07. The number of aliphatic hydroxyl groups excluding tert-OH is 1. The molecule has 0 unspecified atom stereocenters. The van der Waals surface area contributed by atoms with E-state index >= 15 is 0 Å². The van der Waals surface area contributed by atoms with Gasteiger partial charge in [0.15, 0.2) is 0 Å². The van der Waals surface area contributed by atoms with Gasteiger partial charge in [0, 0.05) is 6.04 Å². The minimum Gasteiger partial charge on any atom is -0.390 e. The number of hydrogen-bond donors (Lipinski definition) is 2. The predicted molar refractivity (Wildman–Crippen MR) is 47.3 cm³/mol. The van der Waals surface area contributed by atoms with Crippen molar-refractivity contribution in [1.82, 2.24) is 14.8 Å². The Labute approximate surface area is 76.7 Å². The first-order chi connectivity index (χ1) is 6.20. The van der Waals surface area contributed by atoms with Crippen LogP contribution in [0.15, 0.2) is 6.07 Å². The molecule has 2 rings (SSSR count). The molecule has 0 aliphatic carbocycles.